The van der Waals surface area contributed by atoms with E-state index in [-0.39, 0.29) is 24.4 Å². The van der Waals surface area contributed by atoms with Crippen molar-refractivity contribution in [3.63, 3.8) is 0 Å². The van der Waals surface area contributed by atoms with Gasteiger partial charge in [0.15, 0.2) is 0 Å². The van der Waals surface area contributed by atoms with Gasteiger partial charge in [-0.15, -0.1) is 12.4 Å². The van der Waals surface area contributed by atoms with Crippen molar-refractivity contribution in [1.29, 1.82) is 0 Å². The lowest BCUT2D eigenvalue weighted by molar-refractivity contribution is -0.145. The van der Waals surface area contributed by atoms with Gasteiger partial charge in [-0.2, -0.15) is 5.10 Å². The lowest BCUT2D eigenvalue weighted by atomic mass is 9.82. The number of ether oxygens (including phenoxy) is 1. The van der Waals surface area contributed by atoms with E-state index in [0.29, 0.717) is 31.7 Å². The molecule has 1 saturated heterocycles. The molecule has 1 aromatic carbocycles. The summed E-state index contributed by atoms with van der Waals surface area (Å²) in [5, 5.41) is 8.53. The Morgan fingerprint density at radius 2 is 1.88 bits per heavy atom. The molecule has 2 fully saturated rings. The molecule has 1 amide bonds. The summed E-state index contributed by atoms with van der Waals surface area (Å²) in [4.78, 5) is 15.1. The Bertz CT molecular complexity index is 925. The van der Waals surface area contributed by atoms with Crippen molar-refractivity contribution in [1.82, 2.24) is 20.0 Å². The zero-order valence-electron chi connectivity index (χ0n) is 20.5. The molecule has 2 heterocycles. The molecule has 34 heavy (non-hydrogen) atoms. The van der Waals surface area contributed by atoms with E-state index < -0.39 is 6.10 Å². The van der Waals surface area contributed by atoms with Crippen LogP contribution in [-0.4, -0.2) is 58.5 Å². The average Bonchev–Trinajstić information content (AvgIpc) is 3.21. The fourth-order valence-electron chi connectivity index (χ4n) is 5.44. The number of aromatic nitrogens is 2. The number of hydrogen-bond donors (Lipinski definition) is 1. The topological polar surface area (TPSA) is 59.4 Å². The van der Waals surface area contributed by atoms with E-state index in [1.807, 2.05) is 19.1 Å². The SMILES string of the molecule is CCNC(=O)[C@H]1CN(C2CCC(c3cc(C)n(CC)n3)CC2)[C@@H](Cc2ccc(Cl)cc2)CO1.Cl. The zero-order chi connectivity index (χ0) is 23.4. The van der Waals surface area contributed by atoms with Crippen LogP contribution in [0.4, 0.5) is 0 Å². The summed E-state index contributed by atoms with van der Waals surface area (Å²) >= 11 is 6.09. The third-order valence-electron chi connectivity index (χ3n) is 7.25. The van der Waals surface area contributed by atoms with Gasteiger partial charge in [0.1, 0.15) is 6.10 Å². The number of morpholine rings is 1. The second-order valence-corrected chi connectivity index (χ2v) is 9.87. The van der Waals surface area contributed by atoms with E-state index in [9.17, 15) is 4.79 Å². The molecule has 0 unspecified atom stereocenters. The molecule has 0 spiro atoms. The third kappa shape index (κ3) is 6.34. The van der Waals surface area contributed by atoms with Gasteiger partial charge >= 0.3 is 0 Å². The van der Waals surface area contributed by atoms with Gasteiger partial charge in [-0.1, -0.05) is 23.7 Å². The highest BCUT2D eigenvalue weighted by Crippen LogP contribution is 2.36. The third-order valence-corrected chi connectivity index (χ3v) is 7.50. The Balaban J connectivity index is 0.00000324. The molecule has 1 saturated carbocycles. The number of halogens is 2. The smallest absolute Gasteiger partial charge is 0.250 e. The van der Waals surface area contributed by atoms with Crippen LogP contribution < -0.4 is 5.32 Å². The lowest BCUT2D eigenvalue weighted by Gasteiger charge is -2.45. The van der Waals surface area contributed by atoms with Crippen LogP contribution in [0.5, 0.6) is 0 Å². The predicted molar refractivity (Wildman–Crippen MR) is 139 cm³/mol. The quantitative estimate of drug-likeness (QED) is 0.585. The highest BCUT2D eigenvalue weighted by molar-refractivity contribution is 6.30. The maximum Gasteiger partial charge on any atom is 0.250 e. The Labute approximate surface area is 214 Å². The van der Waals surface area contributed by atoms with Crippen molar-refractivity contribution in [2.24, 2.45) is 0 Å². The molecule has 4 rings (SSSR count). The van der Waals surface area contributed by atoms with Crippen LogP contribution in [0.25, 0.3) is 0 Å². The molecule has 1 N–H and O–H groups in total. The van der Waals surface area contributed by atoms with E-state index in [2.05, 4.69) is 46.9 Å². The fourth-order valence-corrected chi connectivity index (χ4v) is 5.56. The lowest BCUT2D eigenvalue weighted by Crippen LogP contribution is -2.58. The Morgan fingerprint density at radius 1 is 1.18 bits per heavy atom. The van der Waals surface area contributed by atoms with E-state index in [1.165, 1.54) is 17.0 Å². The fraction of sp³-hybridized carbons (Fsp3) is 0.615. The Kier molecular flexibility index (Phi) is 9.84. The molecule has 1 aliphatic carbocycles. The van der Waals surface area contributed by atoms with Gasteiger partial charge in [0.05, 0.1) is 12.3 Å². The van der Waals surface area contributed by atoms with E-state index in [1.54, 1.807) is 0 Å². The van der Waals surface area contributed by atoms with Crippen molar-refractivity contribution >= 4 is 29.9 Å². The van der Waals surface area contributed by atoms with Crippen LogP contribution in [-0.2, 0) is 22.5 Å². The number of nitrogens with zero attached hydrogens (tertiary/aromatic N) is 3. The highest BCUT2D eigenvalue weighted by Gasteiger charge is 2.38. The maximum absolute atomic E-state index is 12.5. The highest BCUT2D eigenvalue weighted by atomic mass is 35.5. The summed E-state index contributed by atoms with van der Waals surface area (Å²) in [5.74, 6) is 0.532. The molecule has 8 heteroatoms. The predicted octanol–water partition coefficient (Wildman–Crippen LogP) is 4.76. The monoisotopic (exact) mass is 508 g/mol. The van der Waals surface area contributed by atoms with Crippen LogP contribution in [0, 0.1) is 6.92 Å². The normalized spacial score (nSPS) is 25.5. The number of benzene rings is 1. The molecule has 2 aliphatic rings. The number of likely N-dealkylation sites (N-methyl/N-ethyl adjacent to an activating group) is 1. The van der Waals surface area contributed by atoms with Crippen molar-refractivity contribution in [2.75, 3.05) is 19.7 Å². The van der Waals surface area contributed by atoms with Gasteiger partial charge in [0.2, 0.25) is 5.91 Å². The van der Waals surface area contributed by atoms with Gasteiger partial charge in [-0.05, 0) is 76.6 Å². The number of hydrogen-bond acceptors (Lipinski definition) is 4. The number of nitrogens with one attached hydrogen (secondary N) is 1. The van der Waals surface area contributed by atoms with Crippen LogP contribution in [0.1, 0.15) is 62.4 Å². The van der Waals surface area contributed by atoms with Gasteiger partial charge < -0.3 is 10.1 Å². The van der Waals surface area contributed by atoms with Crippen molar-refractivity contribution in [2.45, 2.75) is 83.5 Å². The largest absolute Gasteiger partial charge is 0.365 e. The molecular formula is C26H38Cl2N4O2. The molecule has 1 aromatic heterocycles. The van der Waals surface area contributed by atoms with Gasteiger partial charge in [0.25, 0.3) is 0 Å². The van der Waals surface area contributed by atoms with E-state index in [4.69, 9.17) is 21.4 Å². The average molecular weight is 510 g/mol. The minimum Gasteiger partial charge on any atom is -0.365 e. The second kappa shape index (κ2) is 12.4. The molecular weight excluding hydrogens is 471 g/mol. The minimum atomic E-state index is -0.396. The molecule has 2 atom stereocenters. The summed E-state index contributed by atoms with van der Waals surface area (Å²) in [6.45, 7) is 9.01. The number of aryl methyl sites for hydroxylation is 2. The summed E-state index contributed by atoms with van der Waals surface area (Å²) in [6, 6.07) is 11.1. The zero-order valence-corrected chi connectivity index (χ0v) is 22.1. The molecule has 6 nitrogen and oxygen atoms in total. The molecule has 0 radical (unpaired) electrons. The number of rotatable bonds is 7. The van der Waals surface area contributed by atoms with E-state index in [0.717, 1.165) is 43.7 Å². The Hall–Kier alpha value is -1.60. The second-order valence-electron chi connectivity index (χ2n) is 9.43. The molecule has 188 valence electrons. The first-order valence-electron chi connectivity index (χ1n) is 12.4. The first-order valence-corrected chi connectivity index (χ1v) is 12.8. The summed E-state index contributed by atoms with van der Waals surface area (Å²) in [6.07, 6.45) is 5.04. The van der Waals surface area contributed by atoms with Crippen molar-refractivity contribution in [3.05, 3.63) is 52.3 Å². The van der Waals surface area contributed by atoms with E-state index >= 15 is 0 Å². The van der Waals surface area contributed by atoms with Crippen LogP contribution in [0.15, 0.2) is 30.3 Å². The molecule has 1 aliphatic heterocycles. The van der Waals surface area contributed by atoms with Crippen molar-refractivity contribution < 1.29 is 9.53 Å². The standard InChI is InChI=1S/C26H37ClN4O2.ClH/c1-4-28-26(32)25-16-30(23(17-33-25)15-19-6-10-21(27)11-7-19)22-12-8-20(9-13-22)24-14-18(3)31(5-2)29-24;/h6-7,10-11,14,20,22-23,25H,4-5,8-9,12-13,15-17H2,1-3H3,(H,28,32);1H/t20?,22?,23-,25+;/m0./s1. The maximum atomic E-state index is 12.5. The van der Waals surface area contributed by atoms with Gasteiger partial charge in [0, 0.05) is 48.4 Å². The molecule has 2 aromatic rings. The van der Waals surface area contributed by atoms with Crippen LogP contribution in [0.2, 0.25) is 5.02 Å². The van der Waals surface area contributed by atoms with Gasteiger partial charge in [-0.25, -0.2) is 0 Å². The van der Waals surface area contributed by atoms with Crippen molar-refractivity contribution in [3.8, 4) is 0 Å². The minimum absolute atomic E-state index is 0. The summed E-state index contributed by atoms with van der Waals surface area (Å²) in [5.41, 5.74) is 3.74. The Morgan fingerprint density at radius 3 is 2.50 bits per heavy atom. The number of carbonyl (C=O) groups excluding carboxylic acids is 1. The van der Waals surface area contributed by atoms with Crippen LogP contribution >= 0.6 is 24.0 Å². The van der Waals surface area contributed by atoms with Gasteiger partial charge in [-0.3, -0.25) is 14.4 Å². The van der Waals surface area contributed by atoms with Crippen LogP contribution in [0.3, 0.4) is 0 Å². The molecule has 0 bridgehead atoms. The number of amides is 1. The first kappa shape index (κ1) is 27.0. The summed E-state index contributed by atoms with van der Waals surface area (Å²) < 4.78 is 8.15. The summed E-state index contributed by atoms with van der Waals surface area (Å²) in [7, 11) is 0. The first-order chi connectivity index (χ1) is 16.0. The number of carbonyl (C=O) groups is 1.